The van der Waals surface area contributed by atoms with Crippen molar-refractivity contribution in [3.8, 4) is 0 Å². The first-order valence-corrected chi connectivity index (χ1v) is 10.8. The highest BCUT2D eigenvalue weighted by atomic mass is 35.5. The van der Waals surface area contributed by atoms with Crippen molar-refractivity contribution in [3.05, 3.63) is 88.2 Å². The maximum Gasteiger partial charge on any atom is 0.264 e. The molecule has 3 aromatic carbocycles. The first-order valence-electron chi connectivity index (χ1n) is 9.02. The number of anilines is 2. The van der Waals surface area contributed by atoms with E-state index >= 15 is 0 Å². The lowest BCUT2D eigenvalue weighted by atomic mass is 10.1. The number of hydrogen-bond acceptors (Lipinski definition) is 3. The number of halogens is 2. The molecule has 30 heavy (non-hydrogen) atoms. The van der Waals surface area contributed by atoms with Crippen LogP contribution in [0.5, 0.6) is 0 Å². The van der Waals surface area contributed by atoms with Crippen LogP contribution in [0.1, 0.15) is 21.5 Å². The number of carbonyl (C=O) groups excluding carboxylic acids is 1. The van der Waals surface area contributed by atoms with Crippen molar-refractivity contribution in [1.82, 2.24) is 0 Å². The van der Waals surface area contributed by atoms with Crippen LogP contribution in [0.25, 0.3) is 0 Å². The number of nitrogens with one attached hydrogen (secondary N) is 1. The van der Waals surface area contributed by atoms with E-state index in [1.807, 2.05) is 26.0 Å². The van der Waals surface area contributed by atoms with Gasteiger partial charge in [0.25, 0.3) is 15.9 Å². The van der Waals surface area contributed by atoms with Gasteiger partial charge in [0.2, 0.25) is 0 Å². The second-order valence-electron chi connectivity index (χ2n) is 6.84. The summed E-state index contributed by atoms with van der Waals surface area (Å²) in [6.45, 7) is 3.89. The molecule has 3 aromatic rings. The third kappa shape index (κ3) is 4.47. The Morgan fingerprint density at radius 1 is 0.967 bits per heavy atom. The quantitative estimate of drug-likeness (QED) is 0.587. The van der Waals surface area contributed by atoms with E-state index in [-0.39, 0.29) is 21.2 Å². The molecule has 5 nitrogen and oxygen atoms in total. The van der Waals surface area contributed by atoms with Crippen LogP contribution < -0.4 is 9.62 Å². The Hall–Kier alpha value is -2.90. The molecule has 0 saturated heterocycles. The minimum absolute atomic E-state index is 0.0310. The Balaban J connectivity index is 1.92. The van der Waals surface area contributed by atoms with Crippen molar-refractivity contribution < 1.29 is 17.6 Å². The first kappa shape index (κ1) is 21.8. The standard InChI is InChI=1S/C22H20ClFN2O3S/c1-14-4-7-17(12-15(14)2)25-22(27)20-13-19(10-11-21(20)23)30(28,29)26(3)18-8-5-16(24)6-9-18/h4-13H,1-3H3,(H,25,27). The molecule has 0 radical (unpaired) electrons. The number of sulfonamides is 1. The molecule has 0 bridgehead atoms. The summed E-state index contributed by atoms with van der Waals surface area (Å²) in [5.74, 6) is -0.994. The summed E-state index contributed by atoms with van der Waals surface area (Å²) in [7, 11) is -2.64. The van der Waals surface area contributed by atoms with Crippen LogP contribution in [0.2, 0.25) is 5.02 Å². The normalized spacial score (nSPS) is 11.2. The van der Waals surface area contributed by atoms with Crippen molar-refractivity contribution in [1.29, 1.82) is 0 Å². The maximum atomic E-state index is 13.2. The maximum absolute atomic E-state index is 13.2. The first-order chi connectivity index (χ1) is 14.1. The molecule has 8 heteroatoms. The Morgan fingerprint density at radius 2 is 1.63 bits per heavy atom. The topological polar surface area (TPSA) is 66.5 Å². The number of carbonyl (C=O) groups is 1. The molecule has 3 rings (SSSR count). The van der Waals surface area contributed by atoms with Crippen molar-refractivity contribution in [3.63, 3.8) is 0 Å². The third-order valence-corrected chi connectivity index (χ3v) is 6.91. The predicted molar refractivity (Wildman–Crippen MR) is 117 cm³/mol. The number of hydrogen-bond donors (Lipinski definition) is 1. The summed E-state index contributed by atoms with van der Waals surface area (Å²) in [6, 6.07) is 14.4. The molecule has 0 aliphatic rings. The van der Waals surface area contributed by atoms with Crippen molar-refractivity contribution >= 4 is 38.9 Å². The largest absolute Gasteiger partial charge is 0.322 e. The van der Waals surface area contributed by atoms with Gasteiger partial charge in [-0.1, -0.05) is 17.7 Å². The molecule has 0 spiro atoms. The number of aryl methyl sites for hydroxylation is 2. The number of benzene rings is 3. The minimum atomic E-state index is -3.99. The van der Waals surface area contributed by atoms with E-state index in [0.29, 0.717) is 5.69 Å². The molecule has 156 valence electrons. The van der Waals surface area contributed by atoms with E-state index in [9.17, 15) is 17.6 Å². The Bertz CT molecular complexity index is 1210. The Morgan fingerprint density at radius 3 is 2.27 bits per heavy atom. The lowest BCUT2D eigenvalue weighted by Gasteiger charge is -2.20. The molecule has 0 atom stereocenters. The molecule has 1 amide bonds. The summed E-state index contributed by atoms with van der Waals surface area (Å²) in [5.41, 5.74) is 2.99. The van der Waals surface area contributed by atoms with Crippen LogP contribution in [-0.4, -0.2) is 21.4 Å². The van der Waals surface area contributed by atoms with E-state index in [1.165, 1.54) is 49.5 Å². The van der Waals surface area contributed by atoms with Crippen LogP contribution in [0.4, 0.5) is 15.8 Å². The molecular formula is C22H20ClFN2O3S. The third-order valence-electron chi connectivity index (χ3n) is 4.80. The number of nitrogens with zero attached hydrogens (tertiary/aromatic N) is 1. The van der Waals surface area contributed by atoms with Crippen molar-refractivity contribution in [2.75, 3.05) is 16.7 Å². The summed E-state index contributed by atoms with van der Waals surface area (Å²) in [6.07, 6.45) is 0. The fourth-order valence-electron chi connectivity index (χ4n) is 2.80. The second kappa shape index (κ2) is 8.45. The molecule has 1 N–H and O–H groups in total. The van der Waals surface area contributed by atoms with Gasteiger partial charge in [0.05, 0.1) is 21.2 Å². The fraction of sp³-hybridized carbons (Fsp3) is 0.136. The summed E-state index contributed by atoms with van der Waals surface area (Å²) in [5, 5.41) is 2.86. The lowest BCUT2D eigenvalue weighted by Crippen LogP contribution is -2.27. The van der Waals surface area contributed by atoms with Crippen molar-refractivity contribution in [2.45, 2.75) is 18.7 Å². The van der Waals surface area contributed by atoms with E-state index in [4.69, 9.17) is 11.6 Å². The second-order valence-corrected chi connectivity index (χ2v) is 9.22. The molecule has 0 aliphatic heterocycles. The highest BCUT2D eigenvalue weighted by Crippen LogP contribution is 2.27. The van der Waals surface area contributed by atoms with Crippen LogP contribution in [0, 0.1) is 19.7 Å². The molecule has 0 unspecified atom stereocenters. The number of rotatable bonds is 5. The van der Waals surface area contributed by atoms with Gasteiger partial charge in [-0.05, 0) is 79.6 Å². The van der Waals surface area contributed by atoms with E-state index < -0.39 is 21.7 Å². The average molecular weight is 447 g/mol. The van der Waals surface area contributed by atoms with Gasteiger partial charge >= 0.3 is 0 Å². The van der Waals surface area contributed by atoms with Gasteiger partial charge in [0.1, 0.15) is 5.82 Å². The average Bonchev–Trinajstić information content (AvgIpc) is 2.71. The SMILES string of the molecule is Cc1ccc(NC(=O)c2cc(S(=O)(=O)N(C)c3ccc(F)cc3)ccc2Cl)cc1C. The number of amides is 1. The zero-order valence-electron chi connectivity index (χ0n) is 16.6. The van der Waals surface area contributed by atoms with Gasteiger partial charge in [0, 0.05) is 12.7 Å². The van der Waals surface area contributed by atoms with Crippen LogP contribution in [0.15, 0.2) is 65.6 Å². The minimum Gasteiger partial charge on any atom is -0.322 e. The predicted octanol–water partition coefficient (Wildman–Crippen LogP) is 5.17. The van der Waals surface area contributed by atoms with Gasteiger partial charge in [-0.25, -0.2) is 12.8 Å². The Kier molecular flexibility index (Phi) is 6.14. The van der Waals surface area contributed by atoms with Crippen molar-refractivity contribution in [2.24, 2.45) is 0 Å². The summed E-state index contributed by atoms with van der Waals surface area (Å²) >= 11 is 6.17. The van der Waals surface area contributed by atoms with Crippen LogP contribution in [0.3, 0.4) is 0 Å². The molecule has 0 aliphatic carbocycles. The van der Waals surface area contributed by atoms with Crippen LogP contribution in [-0.2, 0) is 10.0 Å². The zero-order chi connectivity index (χ0) is 22.1. The molecule has 0 saturated carbocycles. The highest BCUT2D eigenvalue weighted by molar-refractivity contribution is 7.92. The smallest absolute Gasteiger partial charge is 0.264 e. The fourth-order valence-corrected chi connectivity index (χ4v) is 4.23. The van der Waals surface area contributed by atoms with E-state index in [2.05, 4.69) is 5.32 Å². The van der Waals surface area contributed by atoms with Gasteiger partial charge in [0.15, 0.2) is 0 Å². The van der Waals surface area contributed by atoms with E-state index in [1.54, 1.807) is 6.07 Å². The Labute approximate surface area is 180 Å². The zero-order valence-corrected chi connectivity index (χ0v) is 18.2. The van der Waals surface area contributed by atoms with Crippen LogP contribution >= 0.6 is 11.6 Å². The van der Waals surface area contributed by atoms with Gasteiger partial charge in [-0.15, -0.1) is 0 Å². The summed E-state index contributed by atoms with van der Waals surface area (Å²) < 4.78 is 40.2. The molecule has 0 fully saturated rings. The summed E-state index contributed by atoms with van der Waals surface area (Å²) in [4.78, 5) is 12.6. The van der Waals surface area contributed by atoms with Gasteiger partial charge in [-0.3, -0.25) is 9.10 Å². The van der Waals surface area contributed by atoms with Gasteiger partial charge in [-0.2, -0.15) is 0 Å². The molecular weight excluding hydrogens is 427 g/mol. The molecule has 0 heterocycles. The highest BCUT2D eigenvalue weighted by Gasteiger charge is 2.24. The van der Waals surface area contributed by atoms with Gasteiger partial charge < -0.3 is 5.32 Å². The van der Waals surface area contributed by atoms with E-state index in [0.717, 1.165) is 15.4 Å². The lowest BCUT2D eigenvalue weighted by molar-refractivity contribution is 0.102. The molecule has 0 aromatic heterocycles. The monoisotopic (exact) mass is 446 g/mol.